The van der Waals surface area contributed by atoms with Crippen molar-refractivity contribution in [2.45, 2.75) is 65.0 Å². The molecule has 0 radical (unpaired) electrons. The number of unbranched alkanes of at least 4 members (excludes halogenated alkanes) is 3. The molecule has 4 heteroatoms. The SMILES string of the molecule is CCCCCCC(NC)c1cnnn1CCC. The first-order valence-corrected chi connectivity index (χ1v) is 6.89. The molecule has 1 atom stereocenters. The van der Waals surface area contributed by atoms with Crippen LogP contribution < -0.4 is 5.32 Å². The summed E-state index contributed by atoms with van der Waals surface area (Å²) in [5.41, 5.74) is 1.23. The number of aromatic nitrogens is 3. The number of nitrogens with zero attached hydrogens (tertiary/aromatic N) is 3. The summed E-state index contributed by atoms with van der Waals surface area (Å²) in [6.07, 6.45) is 9.40. The van der Waals surface area contributed by atoms with Crippen molar-refractivity contribution in [3.05, 3.63) is 11.9 Å². The van der Waals surface area contributed by atoms with Crippen LogP contribution in [0.5, 0.6) is 0 Å². The molecule has 0 fully saturated rings. The van der Waals surface area contributed by atoms with Gasteiger partial charge in [0.1, 0.15) is 0 Å². The van der Waals surface area contributed by atoms with E-state index in [-0.39, 0.29) is 0 Å². The molecule has 1 aromatic rings. The van der Waals surface area contributed by atoms with E-state index in [1.54, 1.807) is 0 Å². The Labute approximate surface area is 105 Å². The van der Waals surface area contributed by atoms with Gasteiger partial charge in [0.15, 0.2) is 0 Å². The fourth-order valence-corrected chi connectivity index (χ4v) is 2.14. The van der Waals surface area contributed by atoms with Crippen molar-refractivity contribution in [3.63, 3.8) is 0 Å². The topological polar surface area (TPSA) is 42.7 Å². The zero-order valence-electron chi connectivity index (χ0n) is 11.4. The van der Waals surface area contributed by atoms with Gasteiger partial charge in [-0.05, 0) is 19.9 Å². The van der Waals surface area contributed by atoms with E-state index in [9.17, 15) is 0 Å². The molecule has 0 amide bonds. The Morgan fingerprint density at radius 1 is 1.24 bits per heavy atom. The third-order valence-corrected chi connectivity index (χ3v) is 3.13. The Bertz CT molecular complexity index is 295. The summed E-state index contributed by atoms with van der Waals surface area (Å²) < 4.78 is 2.03. The van der Waals surface area contributed by atoms with Crippen LogP contribution in [0, 0.1) is 0 Å². The molecule has 0 aliphatic heterocycles. The van der Waals surface area contributed by atoms with Crippen molar-refractivity contribution < 1.29 is 0 Å². The molecule has 0 aromatic carbocycles. The van der Waals surface area contributed by atoms with Crippen molar-refractivity contribution in [3.8, 4) is 0 Å². The highest BCUT2D eigenvalue weighted by molar-refractivity contribution is 5.01. The summed E-state index contributed by atoms with van der Waals surface area (Å²) in [5.74, 6) is 0. The molecule has 0 saturated carbocycles. The highest BCUT2D eigenvalue weighted by Gasteiger charge is 2.14. The lowest BCUT2D eigenvalue weighted by Crippen LogP contribution is -2.20. The van der Waals surface area contributed by atoms with Crippen LogP contribution in [0.2, 0.25) is 0 Å². The highest BCUT2D eigenvalue weighted by Crippen LogP contribution is 2.19. The molecule has 1 N–H and O–H groups in total. The Morgan fingerprint density at radius 3 is 2.71 bits per heavy atom. The number of hydrogen-bond donors (Lipinski definition) is 1. The van der Waals surface area contributed by atoms with E-state index in [1.807, 2.05) is 17.9 Å². The normalized spacial score (nSPS) is 12.9. The Hall–Kier alpha value is -0.900. The fourth-order valence-electron chi connectivity index (χ4n) is 2.14. The van der Waals surface area contributed by atoms with Crippen molar-refractivity contribution in [2.24, 2.45) is 0 Å². The Morgan fingerprint density at radius 2 is 2.06 bits per heavy atom. The minimum absolute atomic E-state index is 0.397. The third-order valence-electron chi connectivity index (χ3n) is 3.13. The number of nitrogens with one attached hydrogen (secondary N) is 1. The molecule has 4 nitrogen and oxygen atoms in total. The van der Waals surface area contributed by atoms with Gasteiger partial charge in [-0.25, -0.2) is 4.68 Å². The summed E-state index contributed by atoms with van der Waals surface area (Å²) in [6, 6.07) is 0.397. The second-order valence-corrected chi connectivity index (χ2v) is 4.57. The van der Waals surface area contributed by atoms with E-state index in [0.717, 1.165) is 13.0 Å². The van der Waals surface area contributed by atoms with Gasteiger partial charge in [-0.3, -0.25) is 0 Å². The molecular weight excluding hydrogens is 212 g/mol. The molecule has 98 valence electrons. The van der Waals surface area contributed by atoms with E-state index in [1.165, 1.54) is 37.8 Å². The van der Waals surface area contributed by atoms with E-state index in [4.69, 9.17) is 0 Å². The smallest absolute Gasteiger partial charge is 0.0756 e. The van der Waals surface area contributed by atoms with Crippen LogP contribution in [0.4, 0.5) is 0 Å². The Kier molecular flexibility index (Phi) is 6.86. The predicted molar refractivity (Wildman–Crippen MR) is 70.9 cm³/mol. The van der Waals surface area contributed by atoms with Gasteiger partial charge in [0.25, 0.3) is 0 Å². The Balaban J connectivity index is 2.50. The maximum atomic E-state index is 4.15. The van der Waals surface area contributed by atoms with E-state index in [0.29, 0.717) is 6.04 Å². The van der Waals surface area contributed by atoms with Crippen LogP contribution in [0.15, 0.2) is 6.20 Å². The van der Waals surface area contributed by atoms with Gasteiger partial charge < -0.3 is 5.32 Å². The third kappa shape index (κ3) is 4.46. The number of rotatable bonds is 9. The number of aryl methyl sites for hydroxylation is 1. The standard InChI is InChI=1S/C13H26N4/c1-4-6-7-8-9-12(14-3)13-11-15-16-17(13)10-5-2/h11-12,14H,4-10H2,1-3H3. The summed E-state index contributed by atoms with van der Waals surface area (Å²) in [7, 11) is 2.02. The van der Waals surface area contributed by atoms with Gasteiger partial charge in [-0.15, -0.1) is 5.10 Å². The van der Waals surface area contributed by atoms with Crippen LogP contribution in [0.3, 0.4) is 0 Å². The maximum Gasteiger partial charge on any atom is 0.0756 e. The van der Waals surface area contributed by atoms with Crippen LogP contribution in [-0.2, 0) is 6.54 Å². The molecule has 1 heterocycles. The van der Waals surface area contributed by atoms with Crippen molar-refractivity contribution >= 4 is 0 Å². The molecule has 0 bridgehead atoms. The second-order valence-electron chi connectivity index (χ2n) is 4.57. The maximum absolute atomic E-state index is 4.15. The van der Waals surface area contributed by atoms with Crippen LogP contribution in [-0.4, -0.2) is 22.0 Å². The highest BCUT2D eigenvalue weighted by atomic mass is 15.4. The van der Waals surface area contributed by atoms with E-state index < -0.39 is 0 Å². The first-order valence-electron chi connectivity index (χ1n) is 6.89. The largest absolute Gasteiger partial charge is 0.312 e. The second kappa shape index (κ2) is 8.23. The van der Waals surface area contributed by atoms with Gasteiger partial charge in [-0.1, -0.05) is 44.7 Å². The lowest BCUT2D eigenvalue weighted by Gasteiger charge is -2.16. The minimum atomic E-state index is 0.397. The molecule has 0 aliphatic rings. The number of hydrogen-bond acceptors (Lipinski definition) is 3. The summed E-state index contributed by atoms with van der Waals surface area (Å²) in [6.45, 7) is 5.37. The zero-order chi connectivity index (χ0) is 12.5. The zero-order valence-corrected chi connectivity index (χ0v) is 11.4. The van der Waals surface area contributed by atoms with Gasteiger partial charge in [0.2, 0.25) is 0 Å². The van der Waals surface area contributed by atoms with E-state index >= 15 is 0 Å². The molecule has 0 spiro atoms. The molecule has 0 aliphatic carbocycles. The lowest BCUT2D eigenvalue weighted by molar-refractivity contribution is 0.453. The van der Waals surface area contributed by atoms with Gasteiger partial charge >= 0.3 is 0 Å². The fraction of sp³-hybridized carbons (Fsp3) is 0.846. The van der Waals surface area contributed by atoms with Gasteiger partial charge in [0.05, 0.1) is 17.9 Å². The summed E-state index contributed by atoms with van der Waals surface area (Å²) >= 11 is 0. The quantitative estimate of drug-likeness (QED) is 0.673. The molecule has 0 saturated heterocycles. The average molecular weight is 238 g/mol. The molecule has 1 rings (SSSR count). The molecule has 1 aromatic heterocycles. The van der Waals surface area contributed by atoms with Crippen molar-refractivity contribution in [1.29, 1.82) is 0 Å². The van der Waals surface area contributed by atoms with Gasteiger partial charge in [-0.2, -0.15) is 0 Å². The summed E-state index contributed by atoms with van der Waals surface area (Å²) in [4.78, 5) is 0. The molecule has 17 heavy (non-hydrogen) atoms. The minimum Gasteiger partial charge on any atom is -0.312 e. The summed E-state index contributed by atoms with van der Waals surface area (Å²) in [5, 5.41) is 11.6. The first-order chi connectivity index (χ1) is 8.33. The molecular formula is C13H26N4. The average Bonchev–Trinajstić information content (AvgIpc) is 2.78. The molecule has 1 unspecified atom stereocenters. The predicted octanol–water partition coefficient (Wildman–Crippen LogP) is 2.92. The van der Waals surface area contributed by atoms with Crippen LogP contribution in [0.1, 0.15) is 64.1 Å². The van der Waals surface area contributed by atoms with Crippen LogP contribution in [0.25, 0.3) is 0 Å². The first kappa shape index (κ1) is 14.2. The van der Waals surface area contributed by atoms with Crippen molar-refractivity contribution in [1.82, 2.24) is 20.3 Å². The monoisotopic (exact) mass is 238 g/mol. The van der Waals surface area contributed by atoms with Gasteiger partial charge in [0, 0.05) is 6.54 Å². The van der Waals surface area contributed by atoms with E-state index in [2.05, 4.69) is 29.5 Å². The van der Waals surface area contributed by atoms with Crippen molar-refractivity contribution in [2.75, 3.05) is 7.05 Å². The lowest BCUT2D eigenvalue weighted by atomic mass is 10.1. The van der Waals surface area contributed by atoms with Crippen LogP contribution >= 0.6 is 0 Å².